The highest BCUT2D eigenvalue weighted by molar-refractivity contribution is 7.92. The first-order chi connectivity index (χ1) is 18.9. The van der Waals surface area contributed by atoms with E-state index in [4.69, 9.17) is 14.6 Å². The molecule has 14 heteroatoms. The van der Waals surface area contributed by atoms with Crippen LogP contribution in [0.15, 0.2) is 47.4 Å². The van der Waals surface area contributed by atoms with Crippen molar-refractivity contribution in [3.63, 3.8) is 0 Å². The number of halogens is 3. The van der Waals surface area contributed by atoms with Gasteiger partial charge in [-0.25, -0.2) is 13.2 Å². The summed E-state index contributed by atoms with van der Waals surface area (Å²) in [5.41, 5.74) is 1.71. The maximum atomic E-state index is 13.2. The van der Waals surface area contributed by atoms with Gasteiger partial charge in [0.15, 0.2) is 0 Å². The summed E-state index contributed by atoms with van der Waals surface area (Å²) < 4.78 is 66.0. The second-order valence-electron chi connectivity index (χ2n) is 9.26. The number of sulfonamides is 1. The minimum absolute atomic E-state index is 0.0475. The number of carbonyl (C=O) groups is 2. The largest absolute Gasteiger partial charge is 0.497 e. The molecule has 3 N–H and O–H groups in total. The highest BCUT2D eigenvalue weighted by Gasteiger charge is 2.38. The second-order valence-corrected chi connectivity index (χ2v) is 10.9. The molecule has 2 saturated heterocycles. The third-order valence-corrected chi connectivity index (χ3v) is 7.83. The molecule has 0 aromatic heterocycles. The van der Waals surface area contributed by atoms with Crippen LogP contribution in [0.1, 0.15) is 36.0 Å². The number of benzene rings is 2. The third kappa shape index (κ3) is 8.49. The van der Waals surface area contributed by atoms with Gasteiger partial charge in [0.05, 0.1) is 23.4 Å². The van der Waals surface area contributed by atoms with E-state index in [1.165, 1.54) is 19.2 Å². The van der Waals surface area contributed by atoms with Crippen LogP contribution in [0, 0.1) is 0 Å². The van der Waals surface area contributed by atoms with Crippen LogP contribution in [-0.4, -0.2) is 82.9 Å². The summed E-state index contributed by atoms with van der Waals surface area (Å²) in [5.74, 6) is -2.22. The summed E-state index contributed by atoms with van der Waals surface area (Å²) in [6, 6.07) is 11.6. The first-order valence-corrected chi connectivity index (χ1v) is 14.3. The molecule has 4 rings (SSSR count). The van der Waals surface area contributed by atoms with Gasteiger partial charge in [0, 0.05) is 44.8 Å². The Morgan fingerprint density at radius 3 is 2.05 bits per heavy atom. The number of ether oxygens (including phenoxy) is 1. The van der Waals surface area contributed by atoms with Gasteiger partial charge >= 0.3 is 12.1 Å². The molecule has 220 valence electrons. The van der Waals surface area contributed by atoms with Crippen LogP contribution >= 0.6 is 0 Å². The van der Waals surface area contributed by atoms with Crippen LogP contribution in [0.3, 0.4) is 0 Å². The lowest BCUT2D eigenvalue weighted by Gasteiger charge is -2.31. The number of nitrogens with one attached hydrogen (secondary N) is 2. The average Bonchev–Trinajstić information content (AvgIpc) is 3.22. The lowest BCUT2D eigenvalue weighted by Crippen LogP contribution is -2.43. The Morgan fingerprint density at radius 1 is 0.950 bits per heavy atom. The summed E-state index contributed by atoms with van der Waals surface area (Å²) in [6.07, 6.45) is -0.805. The molecular formula is C26H33F3N4O6S. The Balaban J connectivity index is 0.000000559. The Kier molecular flexibility index (Phi) is 10.6. The number of carboxylic acids is 1. The van der Waals surface area contributed by atoms with Crippen molar-refractivity contribution in [3.8, 4) is 5.75 Å². The minimum atomic E-state index is -5.08. The number of rotatable bonds is 6. The normalized spacial score (nSPS) is 16.3. The maximum absolute atomic E-state index is 13.2. The van der Waals surface area contributed by atoms with Gasteiger partial charge in [-0.3, -0.25) is 9.52 Å². The van der Waals surface area contributed by atoms with Gasteiger partial charge in [0.2, 0.25) is 0 Å². The van der Waals surface area contributed by atoms with Gasteiger partial charge in [-0.05, 0) is 55.3 Å². The van der Waals surface area contributed by atoms with Crippen LogP contribution in [0.25, 0.3) is 0 Å². The fraction of sp³-hybridized carbons (Fsp3) is 0.462. The molecule has 0 spiro atoms. The van der Waals surface area contributed by atoms with E-state index in [0.29, 0.717) is 17.0 Å². The quantitative estimate of drug-likeness (QED) is 0.469. The third-order valence-electron chi connectivity index (χ3n) is 6.45. The van der Waals surface area contributed by atoms with Crippen molar-refractivity contribution in [2.75, 3.05) is 56.0 Å². The maximum Gasteiger partial charge on any atom is 0.490 e. The molecule has 0 radical (unpaired) electrons. The number of hydrogen-bond acceptors (Lipinski definition) is 7. The lowest BCUT2D eigenvalue weighted by atomic mass is 10.1. The smallest absolute Gasteiger partial charge is 0.490 e. The van der Waals surface area contributed by atoms with Gasteiger partial charge in [0.25, 0.3) is 15.9 Å². The number of aliphatic carboxylic acids is 1. The van der Waals surface area contributed by atoms with Crippen molar-refractivity contribution < 1.29 is 41.0 Å². The zero-order valence-corrected chi connectivity index (χ0v) is 22.9. The van der Waals surface area contributed by atoms with Crippen molar-refractivity contribution in [3.05, 3.63) is 48.0 Å². The highest BCUT2D eigenvalue weighted by Crippen LogP contribution is 2.31. The van der Waals surface area contributed by atoms with Gasteiger partial charge in [-0.1, -0.05) is 12.8 Å². The predicted molar refractivity (Wildman–Crippen MR) is 143 cm³/mol. The number of methoxy groups -OCH3 is 1. The van der Waals surface area contributed by atoms with E-state index in [9.17, 15) is 26.4 Å². The van der Waals surface area contributed by atoms with E-state index in [1.807, 2.05) is 17.0 Å². The van der Waals surface area contributed by atoms with Crippen molar-refractivity contribution in [2.45, 2.75) is 36.8 Å². The number of nitrogens with zero attached hydrogens (tertiary/aromatic N) is 2. The number of anilines is 2. The number of carboxylic acid groups (broad SMARTS) is 1. The SMILES string of the molecule is COc1ccc(S(=O)(=O)Nc2cc(C(=O)N3CCCCCC3)ccc2N2CCNCC2)cc1.O=C(O)C(F)(F)F. The van der Waals surface area contributed by atoms with E-state index in [2.05, 4.69) is 14.9 Å². The molecular weight excluding hydrogens is 553 g/mol. The number of amides is 1. The summed E-state index contributed by atoms with van der Waals surface area (Å²) in [7, 11) is -2.31. The number of carbonyl (C=O) groups excluding carboxylic acids is 1. The summed E-state index contributed by atoms with van der Waals surface area (Å²) >= 11 is 0. The molecule has 40 heavy (non-hydrogen) atoms. The van der Waals surface area contributed by atoms with E-state index in [1.54, 1.807) is 18.2 Å². The van der Waals surface area contributed by atoms with Crippen LogP contribution < -0.4 is 19.7 Å². The number of alkyl halides is 3. The van der Waals surface area contributed by atoms with Crippen LogP contribution in [0.4, 0.5) is 24.5 Å². The predicted octanol–water partition coefficient (Wildman–Crippen LogP) is 3.56. The fourth-order valence-corrected chi connectivity index (χ4v) is 5.41. The van der Waals surface area contributed by atoms with Gasteiger partial charge in [-0.15, -0.1) is 0 Å². The van der Waals surface area contributed by atoms with Gasteiger partial charge in [0.1, 0.15) is 5.75 Å². The Labute approximate surface area is 231 Å². The molecule has 0 aliphatic carbocycles. The molecule has 0 saturated carbocycles. The van der Waals surface area contributed by atoms with Crippen LogP contribution in [0.5, 0.6) is 5.75 Å². The molecule has 0 bridgehead atoms. The van der Waals surface area contributed by atoms with Gasteiger partial charge < -0.3 is 25.0 Å². The van der Waals surface area contributed by atoms with E-state index >= 15 is 0 Å². The van der Waals surface area contributed by atoms with E-state index < -0.39 is 22.2 Å². The number of piperazine rings is 1. The fourth-order valence-electron chi connectivity index (χ4n) is 4.35. The number of hydrogen-bond donors (Lipinski definition) is 3. The monoisotopic (exact) mass is 586 g/mol. The Hall–Kier alpha value is -3.52. The topological polar surface area (TPSA) is 128 Å². The Morgan fingerprint density at radius 2 is 1.52 bits per heavy atom. The second kappa shape index (κ2) is 13.7. The summed E-state index contributed by atoms with van der Waals surface area (Å²) in [6.45, 7) is 4.64. The summed E-state index contributed by atoms with van der Waals surface area (Å²) in [5, 5.41) is 10.4. The molecule has 1 amide bonds. The zero-order valence-electron chi connectivity index (χ0n) is 22.0. The van der Waals surface area contributed by atoms with Crippen LogP contribution in [0.2, 0.25) is 0 Å². The zero-order chi connectivity index (χ0) is 29.3. The average molecular weight is 587 g/mol. The van der Waals surface area contributed by atoms with E-state index in [0.717, 1.165) is 70.6 Å². The first-order valence-electron chi connectivity index (χ1n) is 12.8. The van der Waals surface area contributed by atoms with Crippen molar-refractivity contribution in [1.82, 2.24) is 10.2 Å². The molecule has 0 atom stereocenters. The molecule has 0 unspecified atom stereocenters. The van der Waals surface area contributed by atoms with Crippen molar-refractivity contribution >= 4 is 33.3 Å². The van der Waals surface area contributed by atoms with Crippen molar-refractivity contribution in [1.29, 1.82) is 0 Å². The van der Waals surface area contributed by atoms with E-state index in [-0.39, 0.29) is 10.8 Å². The molecule has 2 aromatic rings. The van der Waals surface area contributed by atoms with Crippen LogP contribution in [-0.2, 0) is 14.8 Å². The first kappa shape index (κ1) is 31.0. The molecule has 2 aliphatic heterocycles. The molecule has 2 aliphatic rings. The lowest BCUT2D eigenvalue weighted by molar-refractivity contribution is -0.192. The van der Waals surface area contributed by atoms with Crippen molar-refractivity contribution in [2.24, 2.45) is 0 Å². The highest BCUT2D eigenvalue weighted by atomic mass is 32.2. The summed E-state index contributed by atoms with van der Waals surface area (Å²) in [4.78, 5) is 26.3. The van der Waals surface area contributed by atoms with Gasteiger partial charge in [-0.2, -0.15) is 13.2 Å². The molecule has 10 nitrogen and oxygen atoms in total. The molecule has 2 aromatic carbocycles. The molecule has 2 heterocycles. The minimum Gasteiger partial charge on any atom is -0.497 e. The number of likely N-dealkylation sites (tertiary alicyclic amines) is 1. The standard InChI is InChI=1S/C24H32N4O4S.C2HF3O2/c1-32-20-7-9-21(10-8-20)33(30,31)26-22-18-19(24(29)28-14-4-2-3-5-15-28)6-11-23(22)27-16-12-25-13-17-27;3-2(4,5)1(6)7/h6-11,18,25-26H,2-5,12-17H2,1H3;(H,6,7). The Bertz CT molecular complexity index is 1260. The molecule has 2 fully saturated rings.